The van der Waals surface area contributed by atoms with Gasteiger partial charge in [0.1, 0.15) is 11.5 Å². The van der Waals surface area contributed by atoms with Gasteiger partial charge in [0.25, 0.3) is 5.91 Å². The summed E-state index contributed by atoms with van der Waals surface area (Å²) >= 11 is 0.915. The molecule has 0 aliphatic carbocycles. The molecule has 1 heterocycles. The maximum Gasteiger partial charge on any atom is 0.422 e. The molecule has 1 amide bonds. The highest BCUT2D eigenvalue weighted by Crippen LogP contribution is 2.51. The number of nitrogens with one attached hydrogen (secondary N) is 1. The Labute approximate surface area is 200 Å². The van der Waals surface area contributed by atoms with E-state index in [1.165, 1.54) is 5.38 Å². The molecule has 196 valence electrons. The summed E-state index contributed by atoms with van der Waals surface area (Å²) in [5.74, 6) is -1.97. The molecule has 0 fully saturated rings. The summed E-state index contributed by atoms with van der Waals surface area (Å²) in [5.41, 5.74) is -0.258. The van der Waals surface area contributed by atoms with Gasteiger partial charge in [0.05, 0.1) is 30.6 Å². The predicted molar refractivity (Wildman–Crippen MR) is 114 cm³/mol. The highest BCUT2D eigenvalue weighted by molar-refractivity contribution is 7.53. The Balaban J connectivity index is 2.23. The van der Waals surface area contributed by atoms with Crippen LogP contribution in [0.4, 0.5) is 31.5 Å². The molecule has 35 heavy (non-hydrogen) atoms. The van der Waals surface area contributed by atoms with Gasteiger partial charge in [-0.3, -0.25) is 14.7 Å². The molecule has 16 heteroatoms. The quantitative estimate of drug-likeness (QED) is 0.254. The standard InChI is InChI=1S/C19H21F6N2O6PS/c1-3-32-34(29,33-4-2)8-12-9-35-17(26-12)27-16(28)14-7-13(30-10-18(20,21)22)5-6-15(14)31-11-19(23,24)25/h5-7,9H,3-4,8,10-11H2,1-2H3,(H,26,27,28). The van der Waals surface area contributed by atoms with Crippen molar-refractivity contribution in [3.05, 3.63) is 34.8 Å². The van der Waals surface area contributed by atoms with E-state index in [0.29, 0.717) is 0 Å². The molecule has 0 aliphatic rings. The van der Waals surface area contributed by atoms with E-state index in [2.05, 4.69) is 19.8 Å². The third kappa shape index (κ3) is 10.0. The Morgan fingerprint density at radius 1 is 1.03 bits per heavy atom. The number of anilines is 1. The van der Waals surface area contributed by atoms with Crippen LogP contribution in [-0.2, 0) is 19.8 Å². The molecule has 0 unspecified atom stereocenters. The summed E-state index contributed by atoms with van der Waals surface area (Å²) in [6, 6.07) is 2.65. The average Bonchev–Trinajstić information content (AvgIpc) is 3.16. The van der Waals surface area contributed by atoms with E-state index in [0.717, 1.165) is 29.5 Å². The summed E-state index contributed by atoms with van der Waals surface area (Å²) in [7, 11) is -3.48. The van der Waals surface area contributed by atoms with Crippen molar-refractivity contribution in [1.82, 2.24) is 4.98 Å². The third-order valence-corrected chi connectivity index (χ3v) is 6.59. The van der Waals surface area contributed by atoms with Crippen molar-refractivity contribution < 1.29 is 54.2 Å². The molecule has 1 aromatic heterocycles. The van der Waals surface area contributed by atoms with Crippen molar-refractivity contribution in [2.24, 2.45) is 0 Å². The summed E-state index contributed by atoms with van der Waals surface area (Å²) in [5, 5.41) is 3.77. The number of aromatic nitrogens is 1. The van der Waals surface area contributed by atoms with Crippen LogP contribution in [0, 0.1) is 0 Å². The maximum atomic E-state index is 12.7. The zero-order chi connectivity index (χ0) is 26.3. The molecule has 0 saturated heterocycles. The summed E-state index contributed by atoms with van der Waals surface area (Å²) < 4.78 is 107. The van der Waals surface area contributed by atoms with Gasteiger partial charge in [-0.2, -0.15) is 26.3 Å². The molecule has 0 saturated carbocycles. The SMILES string of the molecule is CCOP(=O)(Cc1csc(NC(=O)c2cc(OCC(F)(F)F)ccc2OCC(F)(F)F)n1)OCC. The van der Waals surface area contributed by atoms with Crippen LogP contribution < -0.4 is 14.8 Å². The van der Waals surface area contributed by atoms with Crippen molar-refractivity contribution in [2.45, 2.75) is 32.4 Å². The van der Waals surface area contributed by atoms with Gasteiger partial charge in [-0.25, -0.2) is 4.98 Å². The van der Waals surface area contributed by atoms with Gasteiger partial charge < -0.3 is 18.5 Å². The smallest absolute Gasteiger partial charge is 0.422 e. The Bertz CT molecular complexity index is 1040. The van der Waals surface area contributed by atoms with Crippen LogP contribution in [0.5, 0.6) is 11.5 Å². The normalized spacial score (nSPS) is 12.5. The number of carbonyl (C=O) groups is 1. The molecule has 0 atom stereocenters. The minimum atomic E-state index is -4.72. The first-order valence-electron chi connectivity index (χ1n) is 9.90. The Morgan fingerprint density at radius 2 is 1.63 bits per heavy atom. The number of benzene rings is 1. The lowest BCUT2D eigenvalue weighted by molar-refractivity contribution is -0.154. The molecule has 0 bridgehead atoms. The summed E-state index contributed by atoms with van der Waals surface area (Å²) in [4.78, 5) is 16.8. The lowest BCUT2D eigenvalue weighted by Crippen LogP contribution is -2.22. The second-order valence-electron chi connectivity index (χ2n) is 6.67. The number of nitrogens with zero attached hydrogens (tertiary/aromatic N) is 1. The highest BCUT2D eigenvalue weighted by atomic mass is 32.1. The van der Waals surface area contributed by atoms with E-state index in [9.17, 15) is 35.7 Å². The number of thiazole rings is 1. The lowest BCUT2D eigenvalue weighted by atomic mass is 10.1. The second-order valence-corrected chi connectivity index (χ2v) is 9.58. The fraction of sp³-hybridized carbons (Fsp3) is 0.474. The second kappa shape index (κ2) is 12.1. The average molecular weight is 550 g/mol. The molecule has 2 rings (SSSR count). The van der Waals surface area contributed by atoms with Crippen LogP contribution in [-0.4, -0.2) is 49.7 Å². The Kier molecular flexibility index (Phi) is 9.95. The maximum absolute atomic E-state index is 12.7. The highest BCUT2D eigenvalue weighted by Gasteiger charge is 2.31. The van der Waals surface area contributed by atoms with Crippen LogP contribution in [0.15, 0.2) is 23.6 Å². The van der Waals surface area contributed by atoms with Crippen LogP contribution in [0.2, 0.25) is 0 Å². The van der Waals surface area contributed by atoms with Gasteiger partial charge in [-0.1, -0.05) is 0 Å². The topological polar surface area (TPSA) is 96.0 Å². The molecule has 0 radical (unpaired) electrons. The minimum absolute atomic E-state index is 0.0204. The van der Waals surface area contributed by atoms with E-state index in [1.54, 1.807) is 13.8 Å². The van der Waals surface area contributed by atoms with E-state index in [-0.39, 0.29) is 30.2 Å². The van der Waals surface area contributed by atoms with Crippen molar-refractivity contribution >= 4 is 30.0 Å². The Hall–Kier alpha value is -2.35. The predicted octanol–water partition coefficient (Wildman–Crippen LogP) is 6.04. The van der Waals surface area contributed by atoms with Gasteiger partial charge in [-0.15, -0.1) is 11.3 Å². The number of halogens is 6. The number of ether oxygens (including phenoxy) is 2. The zero-order valence-corrected chi connectivity index (χ0v) is 20.1. The molecular formula is C19H21F6N2O6PS. The van der Waals surface area contributed by atoms with Gasteiger partial charge in [0.15, 0.2) is 18.3 Å². The third-order valence-electron chi connectivity index (χ3n) is 3.77. The fourth-order valence-electron chi connectivity index (χ4n) is 2.55. The molecule has 0 spiro atoms. The number of hydrogen-bond donors (Lipinski definition) is 1. The van der Waals surface area contributed by atoms with Gasteiger partial charge in [0, 0.05) is 5.38 Å². The first-order valence-corrected chi connectivity index (χ1v) is 12.5. The van der Waals surface area contributed by atoms with Crippen LogP contribution in [0.25, 0.3) is 0 Å². The fourth-order valence-corrected chi connectivity index (χ4v) is 4.98. The van der Waals surface area contributed by atoms with Crippen molar-refractivity contribution in [1.29, 1.82) is 0 Å². The van der Waals surface area contributed by atoms with E-state index in [4.69, 9.17) is 9.05 Å². The first kappa shape index (κ1) is 28.9. The van der Waals surface area contributed by atoms with Crippen LogP contribution >= 0.6 is 18.9 Å². The summed E-state index contributed by atoms with van der Waals surface area (Å²) in [6.45, 7) is 0.0948. The molecule has 8 nitrogen and oxygen atoms in total. The Morgan fingerprint density at radius 3 is 2.20 bits per heavy atom. The van der Waals surface area contributed by atoms with Crippen LogP contribution in [0.3, 0.4) is 0 Å². The monoisotopic (exact) mass is 550 g/mol. The van der Waals surface area contributed by atoms with Gasteiger partial charge in [-0.05, 0) is 32.0 Å². The molecular weight excluding hydrogens is 529 g/mol. The lowest BCUT2D eigenvalue weighted by Gasteiger charge is -2.15. The molecule has 1 N–H and O–H groups in total. The van der Waals surface area contributed by atoms with E-state index in [1.807, 2.05) is 0 Å². The largest absolute Gasteiger partial charge is 0.484 e. The van der Waals surface area contributed by atoms with E-state index < -0.39 is 56.1 Å². The number of alkyl halides is 6. The zero-order valence-electron chi connectivity index (χ0n) is 18.4. The number of rotatable bonds is 12. The van der Waals surface area contributed by atoms with Crippen LogP contribution in [0.1, 0.15) is 29.9 Å². The van der Waals surface area contributed by atoms with Crippen molar-refractivity contribution in [3.8, 4) is 11.5 Å². The molecule has 0 aliphatic heterocycles. The minimum Gasteiger partial charge on any atom is -0.484 e. The molecule has 2 aromatic rings. The van der Waals surface area contributed by atoms with E-state index >= 15 is 0 Å². The van der Waals surface area contributed by atoms with Crippen molar-refractivity contribution in [2.75, 3.05) is 31.7 Å². The first-order chi connectivity index (χ1) is 16.2. The van der Waals surface area contributed by atoms with Gasteiger partial charge in [0.2, 0.25) is 0 Å². The number of carbonyl (C=O) groups excluding carboxylic acids is 1. The van der Waals surface area contributed by atoms with Crippen molar-refractivity contribution in [3.63, 3.8) is 0 Å². The van der Waals surface area contributed by atoms with Gasteiger partial charge >= 0.3 is 19.9 Å². The number of amides is 1. The molecule has 1 aromatic carbocycles. The summed E-state index contributed by atoms with van der Waals surface area (Å²) in [6.07, 6.45) is -9.59. The number of hydrogen-bond acceptors (Lipinski definition) is 8.